The predicted molar refractivity (Wildman–Crippen MR) is 81.1 cm³/mol. The smallest absolute Gasteiger partial charge is 0.258 e. The van der Waals surface area contributed by atoms with Crippen LogP contribution in [0.2, 0.25) is 0 Å². The van der Waals surface area contributed by atoms with Crippen LogP contribution in [0.1, 0.15) is 25.7 Å². The van der Waals surface area contributed by atoms with Gasteiger partial charge in [0.25, 0.3) is 5.56 Å². The maximum Gasteiger partial charge on any atom is 0.258 e. The van der Waals surface area contributed by atoms with Gasteiger partial charge in [0.1, 0.15) is 0 Å². The first-order chi connectivity index (χ1) is 10.2. The van der Waals surface area contributed by atoms with Crippen LogP contribution in [0.5, 0.6) is 0 Å². The molecule has 3 aromatic rings. The van der Waals surface area contributed by atoms with Gasteiger partial charge in [0, 0.05) is 30.6 Å². The molecule has 0 unspecified atom stereocenters. The average Bonchev–Trinajstić information content (AvgIpc) is 2.93. The van der Waals surface area contributed by atoms with Gasteiger partial charge in [0.05, 0.1) is 0 Å². The van der Waals surface area contributed by atoms with Crippen molar-refractivity contribution in [2.45, 2.75) is 33.2 Å². The van der Waals surface area contributed by atoms with E-state index in [0.29, 0.717) is 11.7 Å². The second-order valence-electron chi connectivity index (χ2n) is 5.11. The zero-order valence-corrected chi connectivity index (χ0v) is 12.2. The van der Waals surface area contributed by atoms with Gasteiger partial charge in [-0.3, -0.25) is 4.79 Å². The van der Waals surface area contributed by atoms with Crippen molar-refractivity contribution in [3.8, 4) is 11.4 Å². The van der Waals surface area contributed by atoms with Crippen molar-refractivity contribution in [1.82, 2.24) is 14.7 Å². The van der Waals surface area contributed by atoms with Crippen LogP contribution in [0.4, 0.5) is 0 Å². The van der Waals surface area contributed by atoms with Gasteiger partial charge in [-0.2, -0.15) is 4.98 Å². The summed E-state index contributed by atoms with van der Waals surface area (Å²) < 4.78 is 6.76. The minimum absolute atomic E-state index is 0.0526. The Hall–Kier alpha value is -2.43. The van der Waals surface area contributed by atoms with Crippen molar-refractivity contribution in [2.24, 2.45) is 0 Å². The molecule has 2 heterocycles. The van der Waals surface area contributed by atoms with Crippen LogP contribution >= 0.6 is 0 Å². The second kappa shape index (κ2) is 5.52. The first-order valence-corrected chi connectivity index (χ1v) is 7.13. The molecule has 0 aliphatic heterocycles. The maximum atomic E-state index is 12.4. The van der Waals surface area contributed by atoms with Crippen LogP contribution in [0.3, 0.4) is 0 Å². The average molecular weight is 283 g/mol. The zero-order valence-electron chi connectivity index (χ0n) is 12.2. The van der Waals surface area contributed by atoms with Gasteiger partial charge >= 0.3 is 0 Å². The summed E-state index contributed by atoms with van der Waals surface area (Å²) in [6, 6.07) is 7.58. The number of hydrogen-bond acceptors (Lipinski definition) is 4. The van der Waals surface area contributed by atoms with Gasteiger partial charge < -0.3 is 9.09 Å². The van der Waals surface area contributed by atoms with Gasteiger partial charge in [-0.05, 0) is 30.0 Å². The van der Waals surface area contributed by atoms with E-state index >= 15 is 0 Å². The summed E-state index contributed by atoms with van der Waals surface area (Å²) in [6.45, 7) is 4.63. The standard InChI is InChI=1S/C16H17N3O2/c1-3-4-8-19-9-7-12-10-13(5-6-14(12)16(19)20)15-17-11(2)21-18-15/h5-7,9-10H,3-4,8H2,1-2H3. The van der Waals surface area contributed by atoms with Crippen LogP contribution in [-0.4, -0.2) is 14.7 Å². The van der Waals surface area contributed by atoms with Crippen molar-refractivity contribution >= 4 is 10.8 Å². The number of rotatable bonds is 4. The number of benzene rings is 1. The lowest BCUT2D eigenvalue weighted by molar-refractivity contribution is 0.394. The number of aryl methyl sites for hydroxylation is 2. The number of pyridine rings is 1. The largest absolute Gasteiger partial charge is 0.339 e. The summed E-state index contributed by atoms with van der Waals surface area (Å²) in [6.07, 6.45) is 3.93. The molecule has 1 aromatic carbocycles. The quantitative estimate of drug-likeness (QED) is 0.738. The zero-order chi connectivity index (χ0) is 14.8. The van der Waals surface area contributed by atoms with Crippen LogP contribution in [0, 0.1) is 6.92 Å². The fourth-order valence-electron chi connectivity index (χ4n) is 2.35. The lowest BCUT2D eigenvalue weighted by Gasteiger charge is -2.06. The fourth-order valence-corrected chi connectivity index (χ4v) is 2.35. The highest BCUT2D eigenvalue weighted by Crippen LogP contribution is 2.20. The van der Waals surface area contributed by atoms with E-state index < -0.39 is 0 Å². The van der Waals surface area contributed by atoms with Gasteiger partial charge in [-0.1, -0.05) is 24.6 Å². The van der Waals surface area contributed by atoms with Crippen LogP contribution in [-0.2, 0) is 6.54 Å². The SMILES string of the molecule is CCCCn1ccc2cc(-c3noc(C)n3)ccc2c1=O. The Kier molecular flexibility index (Phi) is 3.56. The Labute approximate surface area is 122 Å². The Morgan fingerprint density at radius 1 is 1.29 bits per heavy atom. The summed E-state index contributed by atoms with van der Waals surface area (Å²) >= 11 is 0. The van der Waals surface area contributed by atoms with Crippen LogP contribution in [0.15, 0.2) is 39.8 Å². The molecule has 21 heavy (non-hydrogen) atoms. The molecule has 0 amide bonds. The van der Waals surface area contributed by atoms with E-state index in [1.165, 1.54) is 0 Å². The third-order valence-electron chi connectivity index (χ3n) is 3.52. The first kappa shape index (κ1) is 13.5. The number of hydrogen-bond donors (Lipinski definition) is 0. The van der Waals surface area contributed by atoms with Gasteiger partial charge in [-0.25, -0.2) is 0 Å². The Balaban J connectivity index is 2.05. The molecule has 0 bridgehead atoms. The summed E-state index contributed by atoms with van der Waals surface area (Å²) in [5.74, 6) is 1.07. The molecular weight excluding hydrogens is 266 g/mol. The topological polar surface area (TPSA) is 60.9 Å². The maximum absolute atomic E-state index is 12.4. The lowest BCUT2D eigenvalue weighted by atomic mass is 10.1. The van der Waals surface area contributed by atoms with E-state index in [0.717, 1.165) is 35.7 Å². The van der Waals surface area contributed by atoms with Crippen LogP contribution in [0.25, 0.3) is 22.2 Å². The molecule has 0 fully saturated rings. The van der Waals surface area contributed by atoms with E-state index in [4.69, 9.17) is 4.52 Å². The number of unbranched alkanes of at least 4 members (excludes halogenated alkanes) is 1. The summed E-state index contributed by atoms with van der Waals surface area (Å²) in [4.78, 5) is 16.6. The van der Waals surface area contributed by atoms with E-state index in [1.807, 2.05) is 30.5 Å². The molecule has 0 N–H and O–H groups in total. The molecule has 0 saturated heterocycles. The summed E-state index contributed by atoms with van der Waals surface area (Å²) in [5.41, 5.74) is 0.904. The summed E-state index contributed by atoms with van der Waals surface area (Å²) in [7, 11) is 0. The highest BCUT2D eigenvalue weighted by atomic mass is 16.5. The fraction of sp³-hybridized carbons (Fsp3) is 0.312. The molecule has 0 spiro atoms. The van der Waals surface area contributed by atoms with Gasteiger partial charge in [0.15, 0.2) is 0 Å². The molecule has 0 saturated carbocycles. The number of aromatic nitrogens is 3. The molecular formula is C16H17N3O2. The molecule has 0 aliphatic rings. The van der Waals surface area contributed by atoms with E-state index in [-0.39, 0.29) is 5.56 Å². The molecule has 3 rings (SSSR count). The summed E-state index contributed by atoms with van der Waals surface area (Å²) in [5, 5.41) is 5.52. The molecule has 0 atom stereocenters. The Bertz CT molecular complexity index is 833. The van der Waals surface area contributed by atoms with Crippen molar-refractivity contribution < 1.29 is 4.52 Å². The normalized spacial score (nSPS) is 11.1. The van der Waals surface area contributed by atoms with Gasteiger partial charge in [-0.15, -0.1) is 0 Å². The minimum atomic E-state index is 0.0526. The minimum Gasteiger partial charge on any atom is -0.339 e. The first-order valence-electron chi connectivity index (χ1n) is 7.13. The number of nitrogens with zero attached hydrogens (tertiary/aromatic N) is 3. The third kappa shape index (κ3) is 2.59. The highest BCUT2D eigenvalue weighted by molar-refractivity contribution is 5.85. The van der Waals surface area contributed by atoms with E-state index in [1.54, 1.807) is 11.5 Å². The van der Waals surface area contributed by atoms with Crippen molar-refractivity contribution in [1.29, 1.82) is 0 Å². The van der Waals surface area contributed by atoms with Crippen molar-refractivity contribution in [3.63, 3.8) is 0 Å². The Morgan fingerprint density at radius 2 is 2.14 bits per heavy atom. The highest BCUT2D eigenvalue weighted by Gasteiger charge is 2.08. The molecule has 5 heteroatoms. The van der Waals surface area contributed by atoms with Crippen molar-refractivity contribution in [2.75, 3.05) is 0 Å². The molecule has 5 nitrogen and oxygen atoms in total. The lowest BCUT2D eigenvalue weighted by Crippen LogP contribution is -2.19. The van der Waals surface area contributed by atoms with Crippen molar-refractivity contribution in [3.05, 3.63) is 46.7 Å². The van der Waals surface area contributed by atoms with Gasteiger partial charge in [0.2, 0.25) is 11.7 Å². The monoisotopic (exact) mass is 283 g/mol. The molecule has 2 aromatic heterocycles. The molecule has 0 radical (unpaired) electrons. The second-order valence-corrected chi connectivity index (χ2v) is 5.11. The van der Waals surface area contributed by atoms with Crippen LogP contribution < -0.4 is 5.56 Å². The Morgan fingerprint density at radius 3 is 2.86 bits per heavy atom. The molecule has 0 aliphatic carbocycles. The van der Waals surface area contributed by atoms with E-state index in [2.05, 4.69) is 17.1 Å². The van der Waals surface area contributed by atoms with E-state index in [9.17, 15) is 4.79 Å². The number of fused-ring (bicyclic) bond motifs is 1. The predicted octanol–water partition coefficient (Wildman–Crippen LogP) is 3.16. The third-order valence-corrected chi connectivity index (χ3v) is 3.52. The molecule has 108 valence electrons.